The highest BCUT2D eigenvalue weighted by molar-refractivity contribution is 5.96. The van der Waals surface area contributed by atoms with E-state index in [1.807, 2.05) is 29.9 Å². The Kier molecular flexibility index (Phi) is 2.91. The molecule has 0 fully saturated rings. The number of hydrogen-bond acceptors (Lipinski definition) is 4. The maximum Gasteiger partial charge on any atom is 0.266 e. The van der Waals surface area contributed by atoms with E-state index in [2.05, 4.69) is 10.1 Å². The van der Waals surface area contributed by atoms with Crippen molar-refractivity contribution in [3.05, 3.63) is 36.3 Å². The Morgan fingerprint density at radius 2 is 2.32 bits per heavy atom. The second kappa shape index (κ2) is 4.72. The van der Waals surface area contributed by atoms with E-state index < -0.39 is 0 Å². The highest BCUT2D eigenvalue weighted by Gasteiger charge is 2.27. The molecule has 3 heterocycles. The van der Waals surface area contributed by atoms with Gasteiger partial charge in [0, 0.05) is 18.9 Å². The largest absolute Gasteiger partial charge is 0.480 e. The first-order valence-electron chi connectivity index (χ1n) is 6.18. The quantitative estimate of drug-likeness (QED) is 0.830. The van der Waals surface area contributed by atoms with Gasteiger partial charge in [0.2, 0.25) is 0 Å². The lowest BCUT2D eigenvalue weighted by Gasteiger charge is -2.27. The lowest BCUT2D eigenvalue weighted by atomic mass is 10.3. The van der Waals surface area contributed by atoms with Gasteiger partial charge in [-0.15, -0.1) is 0 Å². The zero-order valence-corrected chi connectivity index (χ0v) is 10.6. The molecule has 19 heavy (non-hydrogen) atoms. The van der Waals surface area contributed by atoms with Gasteiger partial charge in [-0.05, 0) is 25.1 Å². The van der Waals surface area contributed by atoms with Crippen molar-refractivity contribution in [1.82, 2.24) is 14.8 Å². The van der Waals surface area contributed by atoms with Crippen molar-refractivity contribution >= 4 is 11.7 Å². The fraction of sp³-hybridized carbons (Fsp3) is 0.308. The number of ether oxygens (including phenoxy) is 1. The third-order valence-electron chi connectivity index (χ3n) is 3.00. The fourth-order valence-electron chi connectivity index (χ4n) is 2.02. The van der Waals surface area contributed by atoms with Crippen LogP contribution in [0.25, 0.3) is 0 Å². The molecule has 0 saturated heterocycles. The van der Waals surface area contributed by atoms with Gasteiger partial charge in [0.15, 0.2) is 18.2 Å². The summed E-state index contributed by atoms with van der Waals surface area (Å²) < 4.78 is 7.18. The summed E-state index contributed by atoms with van der Waals surface area (Å²) >= 11 is 0. The van der Waals surface area contributed by atoms with E-state index in [1.165, 1.54) is 0 Å². The number of hydrogen-bond donors (Lipinski definition) is 0. The van der Waals surface area contributed by atoms with Crippen LogP contribution in [0, 0.1) is 0 Å². The van der Waals surface area contributed by atoms with Crippen LogP contribution in [-0.2, 0) is 17.9 Å². The summed E-state index contributed by atoms with van der Waals surface area (Å²) in [7, 11) is 0. The van der Waals surface area contributed by atoms with Crippen molar-refractivity contribution in [1.29, 1.82) is 0 Å². The summed E-state index contributed by atoms with van der Waals surface area (Å²) in [4.78, 5) is 17.8. The molecule has 1 aliphatic heterocycles. The van der Waals surface area contributed by atoms with Crippen molar-refractivity contribution in [2.75, 3.05) is 11.5 Å². The molecule has 98 valence electrons. The number of rotatable bonds is 3. The molecule has 1 aliphatic rings. The van der Waals surface area contributed by atoms with Crippen LogP contribution in [-0.4, -0.2) is 27.3 Å². The molecule has 0 unspecified atom stereocenters. The molecule has 1 amide bonds. The first kappa shape index (κ1) is 11.7. The van der Waals surface area contributed by atoms with Crippen LogP contribution in [0.3, 0.4) is 0 Å². The molecule has 0 spiro atoms. The first-order chi connectivity index (χ1) is 9.28. The zero-order valence-electron chi connectivity index (χ0n) is 10.6. The van der Waals surface area contributed by atoms with Gasteiger partial charge in [-0.25, -0.2) is 4.98 Å². The minimum Gasteiger partial charge on any atom is -0.480 e. The minimum atomic E-state index is -0.0998. The molecule has 6 heteroatoms. The number of pyridine rings is 1. The van der Waals surface area contributed by atoms with Gasteiger partial charge in [-0.3, -0.25) is 14.4 Å². The molecule has 0 atom stereocenters. The monoisotopic (exact) mass is 258 g/mol. The minimum absolute atomic E-state index is 0.0488. The number of fused-ring (bicyclic) bond motifs is 1. The average molecular weight is 258 g/mol. The number of anilines is 1. The smallest absolute Gasteiger partial charge is 0.266 e. The fourth-order valence-corrected chi connectivity index (χ4v) is 2.02. The highest BCUT2D eigenvalue weighted by Crippen LogP contribution is 2.29. The predicted molar refractivity (Wildman–Crippen MR) is 68.8 cm³/mol. The Bertz CT molecular complexity index is 608. The van der Waals surface area contributed by atoms with Crippen LogP contribution in [0.4, 0.5) is 5.82 Å². The van der Waals surface area contributed by atoms with E-state index in [-0.39, 0.29) is 12.5 Å². The van der Waals surface area contributed by atoms with Crippen molar-refractivity contribution in [2.24, 2.45) is 0 Å². The van der Waals surface area contributed by atoms with E-state index >= 15 is 0 Å². The van der Waals surface area contributed by atoms with Crippen molar-refractivity contribution in [2.45, 2.75) is 20.0 Å². The Hall–Kier alpha value is -2.37. The molecule has 0 radical (unpaired) electrons. The van der Waals surface area contributed by atoms with E-state index in [0.29, 0.717) is 18.1 Å². The third kappa shape index (κ3) is 2.16. The van der Waals surface area contributed by atoms with E-state index in [9.17, 15) is 4.79 Å². The van der Waals surface area contributed by atoms with Gasteiger partial charge in [-0.1, -0.05) is 0 Å². The number of aromatic nitrogens is 3. The van der Waals surface area contributed by atoms with Crippen molar-refractivity contribution in [3.8, 4) is 5.75 Å². The number of nitrogens with zero attached hydrogens (tertiary/aromatic N) is 4. The van der Waals surface area contributed by atoms with Crippen molar-refractivity contribution in [3.63, 3.8) is 0 Å². The van der Waals surface area contributed by atoms with Crippen LogP contribution in [0.2, 0.25) is 0 Å². The van der Waals surface area contributed by atoms with E-state index in [0.717, 1.165) is 12.2 Å². The Labute approximate surface area is 110 Å². The Balaban J connectivity index is 1.89. The van der Waals surface area contributed by atoms with Gasteiger partial charge in [0.25, 0.3) is 5.91 Å². The number of carbonyl (C=O) groups excluding carboxylic acids is 1. The molecule has 0 aromatic carbocycles. The van der Waals surface area contributed by atoms with Crippen LogP contribution in [0.5, 0.6) is 5.75 Å². The maximum absolute atomic E-state index is 12.0. The molecule has 2 aromatic heterocycles. The van der Waals surface area contributed by atoms with Crippen molar-refractivity contribution < 1.29 is 9.53 Å². The summed E-state index contributed by atoms with van der Waals surface area (Å²) in [5.74, 6) is 1.10. The summed E-state index contributed by atoms with van der Waals surface area (Å²) in [6, 6.07) is 5.51. The van der Waals surface area contributed by atoms with Gasteiger partial charge in [-0.2, -0.15) is 5.10 Å². The first-order valence-corrected chi connectivity index (χ1v) is 6.18. The molecule has 0 bridgehead atoms. The second-order valence-corrected chi connectivity index (χ2v) is 4.26. The molecule has 0 saturated carbocycles. The van der Waals surface area contributed by atoms with E-state index in [1.54, 1.807) is 17.2 Å². The van der Waals surface area contributed by atoms with Crippen LogP contribution < -0.4 is 9.64 Å². The van der Waals surface area contributed by atoms with Gasteiger partial charge < -0.3 is 4.74 Å². The molecule has 0 aliphatic carbocycles. The molecule has 2 aromatic rings. The molecule has 3 rings (SSSR count). The van der Waals surface area contributed by atoms with Crippen LogP contribution >= 0.6 is 0 Å². The third-order valence-corrected chi connectivity index (χ3v) is 3.00. The molecular weight excluding hydrogens is 244 g/mol. The standard InChI is InChI=1S/C13H14N4O2/c1-2-16-7-5-10(15-16)8-17-12(18)9-19-11-4-3-6-14-13(11)17/h3-7H,2,8-9H2,1H3. The molecule has 6 nitrogen and oxygen atoms in total. The predicted octanol–water partition coefficient (Wildman–Crippen LogP) is 1.22. The molecular formula is C13H14N4O2. The topological polar surface area (TPSA) is 60.2 Å². The average Bonchev–Trinajstić information content (AvgIpc) is 2.90. The number of aryl methyl sites for hydroxylation is 1. The number of amides is 1. The summed E-state index contributed by atoms with van der Waals surface area (Å²) in [6.07, 6.45) is 3.55. The van der Waals surface area contributed by atoms with Crippen LogP contribution in [0.1, 0.15) is 12.6 Å². The summed E-state index contributed by atoms with van der Waals surface area (Å²) in [5, 5.41) is 4.38. The number of carbonyl (C=O) groups is 1. The highest BCUT2D eigenvalue weighted by atomic mass is 16.5. The van der Waals surface area contributed by atoms with Gasteiger partial charge in [0.1, 0.15) is 0 Å². The lowest BCUT2D eigenvalue weighted by Crippen LogP contribution is -2.39. The van der Waals surface area contributed by atoms with Crippen LogP contribution in [0.15, 0.2) is 30.6 Å². The molecule has 0 N–H and O–H groups in total. The van der Waals surface area contributed by atoms with E-state index in [4.69, 9.17) is 4.74 Å². The van der Waals surface area contributed by atoms with Gasteiger partial charge in [0.05, 0.1) is 12.2 Å². The Morgan fingerprint density at radius 1 is 1.42 bits per heavy atom. The van der Waals surface area contributed by atoms with Gasteiger partial charge >= 0.3 is 0 Å². The lowest BCUT2D eigenvalue weighted by molar-refractivity contribution is -0.121. The summed E-state index contributed by atoms with van der Waals surface area (Å²) in [6.45, 7) is 3.30. The maximum atomic E-state index is 12.0. The zero-order chi connectivity index (χ0) is 13.2. The Morgan fingerprint density at radius 3 is 3.11 bits per heavy atom. The second-order valence-electron chi connectivity index (χ2n) is 4.26. The SMILES string of the molecule is CCn1ccc(CN2C(=O)COc3cccnc32)n1. The normalized spacial score (nSPS) is 14.2. The summed E-state index contributed by atoms with van der Waals surface area (Å²) in [5.41, 5.74) is 0.841.